The first-order valence-corrected chi connectivity index (χ1v) is 8.12. The second-order valence-corrected chi connectivity index (χ2v) is 6.99. The number of nitrogens with two attached hydrogens (primary N) is 1. The van der Waals surface area contributed by atoms with Crippen molar-refractivity contribution in [3.8, 4) is 0 Å². The Kier molecular flexibility index (Phi) is 3.68. The van der Waals surface area contributed by atoms with Crippen molar-refractivity contribution in [2.75, 3.05) is 23.7 Å². The standard InChI is InChI=1S/C15H21IN2/c16-13-5-6-15(14(17)9-13)18-8-7-11-3-1-2-4-12(11)10-18/h5-6,9,11-12H,1-4,7-8,10,17H2. The zero-order valence-electron chi connectivity index (χ0n) is 10.7. The maximum absolute atomic E-state index is 6.17. The molecule has 1 heterocycles. The number of rotatable bonds is 1. The molecule has 2 atom stereocenters. The second kappa shape index (κ2) is 5.27. The zero-order valence-corrected chi connectivity index (χ0v) is 12.9. The lowest BCUT2D eigenvalue weighted by molar-refractivity contribution is 0.202. The highest BCUT2D eigenvalue weighted by molar-refractivity contribution is 14.1. The van der Waals surface area contributed by atoms with Gasteiger partial charge in [0.05, 0.1) is 11.4 Å². The number of anilines is 2. The third-order valence-electron chi connectivity index (χ3n) is 4.62. The second-order valence-electron chi connectivity index (χ2n) is 5.74. The molecule has 2 fully saturated rings. The largest absolute Gasteiger partial charge is 0.397 e. The molecular weight excluding hydrogens is 335 g/mol. The van der Waals surface area contributed by atoms with E-state index in [-0.39, 0.29) is 0 Å². The van der Waals surface area contributed by atoms with E-state index in [1.54, 1.807) is 0 Å². The molecule has 1 saturated heterocycles. The van der Waals surface area contributed by atoms with Gasteiger partial charge in [0.2, 0.25) is 0 Å². The van der Waals surface area contributed by atoms with Crippen LogP contribution in [0.4, 0.5) is 11.4 Å². The van der Waals surface area contributed by atoms with E-state index in [0.29, 0.717) is 0 Å². The van der Waals surface area contributed by atoms with Gasteiger partial charge in [-0.05, 0) is 65.5 Å². The van der Waals surface area contributed by atoms with Crippen molar-refractivity contribution >= 4 is 34.0 Å². The molecule has 1 aliphatic carbocycles. The van der Waals surface area contributed by atoms with Gasteiger partial charge in [0.15, 0.2) is 0 Å². The van der Waals surface area contributed by atoms with E-state index in [1.807, 2.05) is 0 Å². The Morgan fingerprint density at radius 1 is 1.11 bits per heavy atom. The lowest BCUT2D eigenvalue weighted by Gasteiger charge is -2.42. The van der Waals surface area contributed by atoms with Gasteiger partial charge in [-0.2, -0.15) is 0 Å². The van der Waals surface area contributed by atoms with Crippen LogP contribution < -0.4 is 10.6 Å². The number of hydrogen-bond donors (Lipinski definition) is 1. The highest BCUT2D eigenvalue weighted by atomic mass is 127. The van der Waals surface area contributed by atoms with Crippen LogP contribution in [0.1, 0.15) is 32.1 Å². The van der Waals surface area contributed by atoms with Crippen LogP contribution >= 0.6 is 22.6 Å². The molecule has 1 aromatic carbocycles. The summed E-state index contributed by atoms with van der Waals surface area (Å²) in [5, 5.41) is 0. The number of benzene rings is 1. The molecule has 1 saturated carbocycles. The first-order valence-electron chi connectivity index (χ1n) is 7.04. The fraction of sp³-hybridized carbons (Fsp3) is 0.600. The summed E-state index contributed by atoms with van der Waals surface area (Å²) in [5.41, 5.74) is 8.36. The van der Waals surface area contributed by atoms with Crippen molar-refractivity contribution in [2.45, 2.75) is 32.1 Å². The van der Waals surface area contributed by atoms with E-state index in [1.165, 1.54) is 54.5 Å². The third-order valence-corrected chi connectivity index (χ3v) is 5.29. The first kappa shape index (κ1) is 12.6. The number of hydrogen-bond acceptors (Lipinski definition) is 2. The van der Waals surface area contributed by atoms with Gasteiger partial charge in [-0.25, -0.2) is 0 Å². The van der Waals surface area contributed by atoms with Crippen LogP contribution in [0.25, 0.3) is 0 Å². The molecule has 18 heavy (non-hydrogen) atoms. The average molecular weight is 356 g/mol. The van der Waals surface area contributed by atoms with Crippen molar-refractivity contribution in [1.82, 2.24) is 0 Å². The molecular formula is C15H21IN2. The lowest BCUT2D eigenvalue weighted by Crippen LogP contribution is -2.42. The molecule has 2 aliphatic rings. The smallest absolute Gasteiger partial charge is 0.0600 e. The van der Waals surface area contributed by atoms with Gasteiger partial charge in [0.25, 0.3) is 0 Å². The maximum Gasteiger partial charge on any atom is 0.0600 e. The number of nitrogen functional groups attached to an aromatic ring is 1. The van der Waals surface area contributed by atoms with Gasteiger partial charge in [-0.15, -0.1) is 0 Å². The fourth-order valence-corrected chi connectivity index (χ4v) is 4.15. The molecule has 1 aromatic rings. The molecule has 0 spiro atoms. The molecule has 3 heteroatoms. The number of piperidine rings is 1. The summed E-state index contributed by atoms with van der Waals surface area (Å²) in [6, 6.07) is 6.45. The van der Waals surface area contributed by atoms with E-state index >= 15 is 0 Å². The van der Waals surface area contributed by atoms with Gasteiger partial charge in [-0.3, -0.25) is 0 Å². The molecule has 2 N–H and O–H groups in total. The summed E-state index contributed by atoms with van der Waals surface area (Å²) < 4.78 is 1.22. The summed E-state index contributed by atoms with van der Waals surface area (Å²) in [7, 11) is 0. The first-order chi connectivity index (χ1) is 8.74. The summed E-state index contributed by atoms with van der Waals surface area (Å²) >= 11 is 2.32. The van der Waals surface area contributed by atoms with E-state index in [0.717, 1.165) is 17.5 Å². The molecule has 0 radical (unpaired) electrons. The Labute approximate surface area is 123 Å². The van der Waals surface area contributed by atoms with Crippen molar-refractivity contribution in [2.24, 2.45) is 11.8 Å². The van der Waals surface area contributed by atoms with Crippen molar-refractivity contribution < 1.29 is 0 Å². The van der Waals surface area contributed by atoms with E-state index in [9.17, 15) is 0 Å². The Morgan fingerprint density at radius 3 is 2.67 bits per heavy atom. The van der Waals surface area contributed by atoms with E-state index < -0.39 is 0 Å². The highest BCUT2D eigenvalue weighted by Crippen LogP contribution is 2.38. The highest BCUT2D eigenvalue weighted by Gasteiger charge is 2.31. The molecule has 0 amide bonds. The van der Waals surface area contributed by atoms with Crippen molar-refractivity contribution in [1.29, 1.82) is 0 Å². The minimum absolute atomic E-state index is 0.908. The van der Waals surface area contributed by atoms with Crippen LogP contribution in [0.5, 0.6) is 0 Å². The van der Waals surface area contributed by atoms with Gasteiger partial charge < -0.3 is 10.6 Å². The maximum atomic E-state index is 6.17. The van der Waals surface area contributed by atoms with Crippen LogP contribution in [-0.2, 0) is 0 Å². The van der Waals surface area contributed by atoms with Gasteiger partial charge in [0, 0.05) is 16.7 Å². The predicted octanol–water partition coefficient (Wildman–Crippen LogP) is 3.89. The quantitative estimate of drug-likeness (QED) is 0.611. The van der Waals surface area contributed by atoms with Crippen LogP contribution in [0.15, 0.2) is 18.2 Å². The van der Waals surface area contributed by atoms with Gasteiger partial charge in [-0.1, -0.05) is 19.3 Å². The minimum Gasteiger partial charge on any atom is -0.397 e. The fourth-order valence-electron chi connectivity index (χ4n) is 3.63. The average Bonchev–Trinajstić information content (AvgIpc) is 2.38. The molecule has 0 aromatic heterocycles. The van der Waals surface area contributed by atoms with E-state index in [2.05, 4.69) is 45.7 Å². The van der Waals surface area contributed by atoms with Gasteiger partial charge >= 0.3 is 0 Å². The van der Waals surface area contributed by atoms with Gasteiger partial charge in [0.1, 0.15) is 0 Å². The predicted molar refractivity (Wildman–Crippen MR) is 85.8 cm³/mol. The van der Waals surface area contributed by atoms with Crippen molar-refractivity contribution in [3.05, 3.63) is 21.8 Å². The molecule has 2 nitrogen and oxygen atoms in total. The summed E-state index contributed by atoms with van der Waals surface area (Å²) in [5.74, 6) is 1.89. The third kappa shape index (κ3) is 2.46. The van der Waals surface area contributed by atoms with Crippen LogP contribution in [0.2, 0.25) is 0 Å². The Hall–Kier alpha value is -0.450. The molecule has 98 valence electrons. The molecule has 1 aliphatic heterocycles. The number of fused-ring (bicyclic) bond motifs is 1. The molecule has 3 rings (SSSR count). The monoisotopic (exact) mass is 356 g/mol. The number of halogens is 1. The van der Waals surface area contributed by atoms with Crippen LogP contribution in [0.3, 0.4) is 0 Å². The summed E-state index contributed by atoms with van der Waals surface area (Å²) in [4.78, 5) is 2.51. The van der Waals surface area contributed by atoms with Crippen LogP contribution in [-0.4, -0.2) is 13.1 Å². The van der Waals surface area contributed by atoms with Crippen molar-refractivity contribution in [3.63, 3.8) is 0 Å². The Balaban J connectivity index is 1.77. The normalized spacial score (nSPS) is 27.9. The zero-order chi connectivity index (χ0) is 12.5. The summed E-state index contributed by atoms with van der Waals surface area (Å²) in [6.07, 6.45) is 7.12. The molecule has 0 bridgehead atoms. The molecule has 2 unspecified atom stereocenters. The van der Waals surface area contributed by atoms with Crippen LogP contribution in [0, 0.1) is 15.4 Å². The topological polar surface area (TPSA) is 29.3 Å². The Morgan fingerprint density at radius 2 is 1.89 bits per heavy atom. The Bertz CT molecular complexity index is 433. The number of nitrogens with zero attached hydrogens (tertiary/aromatic N) is 1. The summed E-state index contributed by atoms with van der Waals surface area (Å²) in [6.45, 7) is 2.40. The minimum atomic E-state index is 0.908. The SMILES string of the molecule is Nc1cc(I)ccc1N1CCC2CCCCC2C1. The lowest BCUT2D eigenvalue weighted by atomic mass is 9.75. The van der Waals surface area contributed by atoms with E-state index in [4.69, 9.17) is 5.73 Å².